The van der Waals surface area contributed by atoms with E-state index in [1.807, 2.05) is 61.2 Å². The molecule has 2 aromatic heterocycles. The summed E-state index contributed by atoms with van der Waals surface area (Å²) in [6, 6.07) is 15.6. The molecule has 0 unspecified atom stereocenters. The summed E-state index contributed by atoms with van der Waals surface area (Å²) in [4.78, 5) is 27.9. The Morgan fingerprint density at radius 3 is 2.50 bits per heavy atom. The fourth-order valence-corrected chi connectivity index (χ4v) is 2.88. The van der Waals surface area contributed by atoms with E-state index < -0.39 is 0 Å². The second-order valence-corrected chi connectivity index (χ2v) is 6.91. The van der Waals surface area contributed by atoms with Gasteiger partial charge in [0.25, 0.3) is 5.91 Å². The van der Waals surface area contributed by atoms with Crippen molar-refractivity contribution in [2.75, 3.05) is 5.32 Å². The zero-order chi connectivity index (χ0) is 19.9. The molecule has 0 aliphatic heterocycles. The summed E-state index contributed by atoms with van der Waals surface area (Å²) in [5.74, 6) is 1.08. The Kier molecular flexibility index (Phi) is 6.32. The van der Waals surface area contributed by atoms with E-state index >= 15 is 0 Å². The van der Waals surface area contributed by atoms with E-state index in [9.17, 15) is 4.79 Å². The average molecular weight is 375 g/mol. The number of carbonyl (C=O) groups is 1. The minimum absolute atomic E-state index is 0.0507. The Bertz CT molecular complexity index is 913. The van der Waals surface area contributed by atoms with Crippen molar-refractivity contribution in [1.82, 2.24) is 19.9 Å². The number of aromatic nitrogens is 3. The topological polar surface area (TPSA) is 71.0 Å². The smallest absolute Gasteiger partial charge is 0.273 e. The number of hydrogen-bond acceptors (Lipinski definition) is 5. The maximum atomic E-state index is 13.2. The van der Waals surface area contributed by atoms with Crippen LogP contribution in [0.5, 0.6) is 0 Å². The molecule has 3 aromatic rings. The summed E-state index contributed by atoms with van der Waals surface area (Å²) in [5, 5.41) is 3.25. The Morgan fingerprint density at radius 2 is 1.82 bits per heavy atom. The number of carbonyl (C=O) groups excluding carboxylic acids is 1. The number of pyridine rings is 1. The van der Waals surface area contributed by atoms with Gasteiger partial charge in [0.15, 0.2) is 0 Å². The van der Waals surface area contributed by atoms with Crippen LogP contribution in [0.2, 0.25) is 0 Å². The molecule has 3 rings (SSSR count). The second kappa shape index (κ2) is 9.08. The Morgan fingerprint density at radius 1 is 1.07 bits per heavy atom. The maximum absolute atomic E-state index is 13.2. The van der Waals surface area contributed by atoms with E-state index in [-0.39, 0.29) is 11.9 Å². The quantitative estimate of drug-likeness (QED) is 0.679. The standard InChI is InChI=1S/C22H25N5O/c1-16(2)27(15-18-8-5-4-6-9-18)22(28)20-12-21(26-17(3)25-20)24-14-19-10-7-11-23-13-19/h4-13,16H,14-15H2,1-3H3,(H,24,25,26). The van der Waals surface area contributed by atoms with Crippen LogP contribution >= 0.6 is 0 Å². The Labute approximate surface area is 165 Å². The van der Waals surface area contributed by atoms with Gasteiger partial charge in [-0.15, -0.1) is 0 Å². The molecule has 2 heterocycles. The van der Waals surface area contributed by atoms with Crippen LogP contribution in [0.3, 0.4) is 0 Å². The first kappa shape index (κ1) is 19.5. The van der Waals surface area contributed by atoms with Gasteiger partial charge < -0.3 is 10.2 Å². The van der Waals surface area contributed by atoms with Crippen LogP contribution in [0, 0.1) is 6.92 Å². The molecule has 1 N–H and O–H groups in total. The number of nitrogens with one attached hydrogen (secondary N) is 1. The fraction of sp³-hybridized carbons (Fsp3) is 0.273. The van der Waals surface area contributed by atoms with Crippen molar-refractivity contribution < 1.29 is 4.79 Å². The lowest BCUT2D eigenvalue weighted by Crippen LogP contribution is -2.37. The summed E-state index contributed by atoms with van der Waals surface area (Å²) in [6.07, 6.45) is 3.54. The van der Waals surface area contributed by atoms with Crippen LogP contribution in [0.15, 0.2) is 60.9 Å². The monoisotopic (exact) mass is 375 g/mol. The number of rotatable bonds is 7. The summed E-state index contributed by atoms with van der Waals surface area (Å²) in [7, 11) is 0. The van der Waals surface area contributed by atoms with E-state index in [1.165, 1.54) is 0 Å². The van der Waals surface area contributed by atoms with Gasteiger partial charge in [0, 0.05) is 37.6 Å². The van der Waals surface area contributed by atoms with Crippen molar-refractivity contribution in [3.8, 4) is 0 Å². The van der Waals surface area contributed by atoms with Gasteiger partial charge in [0.05, 0.1) is 0 Å². The largest absolute Gasteiger partial charge is 0.366 e. The van der Waals surface area contributed by atoms with Crippen molar-refractivity contribution in [3.05, 3.63) is 83.6 Å². The molecule has 144 valence electrons. The highest BCUT2D eigenvalue weighted by atomic mass is 16.2. The van der Waals surface area contributed by atoms with Gasteiger partial charge in [-0.3, -0.25) is 9.78 Å². The van der Waals surface area contributed by atoms with Crippen molar-refractivity contribution >= 4 is 11.7 Å². The fourth-order valence-electron chi connectivity index (χ4n) is 2.88. The van der Waals surface area contributed by atoms with Crippen molar-refractivity contribution in [3.63, 3.8) is 0 Å². The van der Waals surface area contributed by atoms with Crippen molar-refractivity contribution in [2.45, 2.75) is 39.9 Å². The van der Waals surface area contributed by atoms with Gasteiger partial charge in [-0.25, -0.2) is 9.97 Å². The van der Waals surface area contributed by atoms with Gasteiger partial charge >= 0.3 is 0 Å². The molecule has 0 fully saturated rings. The molecule has 28 heavy (non-hydrogen) atoms. The molecule has 0 saturated carbocycles. The number of nitrogens with zero attached hydrogens (tertiary/aromatic N) is 4. The molecule has 0 atom stereocenters. The van der Waals surface area contributed by atoms with Crippen molar-refractivity contribution in [2.24, 2.45) is 0 Å². The second-order valence-electron chi connectivity index (χ2n) is 6.91. The highest BCUT2D eigenvalue weighted by Gasteiger charge is 2.21. The van der Waals surface area contributed by atoms with Gasteiger partial charge in [-0.2, -0.15) is 0 Å². The third kappa shape index (κ3) is 5.13. The minimum Gasteiger partial charge on any atom is -0.366 e. The molecule has 0 spiro atoms. The van der Waals surface area contributed by atoms with Gasteiger partial charge in [-0.05, 0) is 38.0 Å². The molecule has 0 saturated heterocycles. The number of benzene rings is 1. The molecule has 6 heteroatoms. The lowest BCUT2D eigenvalue weighted by atomic mass is 10.1. The Balaban J connectivity index is 1.78. The first-order valence-corrected chi connectivity index (χ1v) is 9.36. The number of hydrogen-bond donors (Lipinski definition) is 1. The zero-order valence-electron chi connectivity index (χ0n) is 16.5. The van der Waals surface area contributed by atoms with Crippen LogP contribution in [-0.4, -0.2) is 31.8 Å². The molecule has 6 nitrogen and oxygen atoms in total. The van der Waals surface area contributed by atoms with Crippen LogP contribution in [-0.2, 0) is 13.1 Å². The molecule has 1 aromatic carbocycles. The summed E-state index contributed by atoms with van der Waals surface area (Å²) < 4.78 is 0. The van der Waals surface area contributed by atoms with Crippen LogP contribution in [0.4, 0.5) is 5.82 Å². The molecular weight excluding hydrogens is 350 g/mol. The third-order valence-corrected chi connectivity index (χ3v) is 4.33. The minimum atomic E-state index is -0.103. The lowest BCUT2D eigenvalue weighted by Gasteiger charge is -2.26. The van der Waals surface area contributed by atoms with Crippen molar-refractivity contribution in [1.29, 1.82) is 0 Å². The van der Waals surface area contributed by atoms with Crippen LogP contribution < -0.4 is 5.32 Å². The third-order valence-electron chi connectivity index (χ3n) is 4.33. The predicted molar refractivity (Wildman–Crippen MR) is 110 cm³/mol. The molecule has 1 amide bonds. The van der Waals surface area contributed by atoms with Gasteiger partial charge in [0.1, 0.15) is 17.3 Å². The molecule has 0 radical (unpaired) electrons. The number of amides is 1. The summed E-state index contributed by atoms with van der Waals surface area (Å²) >= 11 is 0. The van der Waals surface area contributed by atoms with E-state index in [1.54, 1.807) is 25.4 Å². The molecular formula is C22H25N5O. The SMILES string of the molecule is Cc1nc(NCc2cccnc2)cc(C(=O)N(Cc2ccccc2)C(C)C)n1. The predicted octanol–water partition coefficient (Wildman–Crippen LogP) is 3.84. The van der Waals surface area contributed by atoms with E-state index in [0.29, 0.717) is 30.4 Å². The zero-order valence-corrected chi connectivity index (χ0v) is 16.5. The first-order valence-electron chi connectivity index (χ1n) is 9.36. The first-order chi connectivity index (χ1) is 13.5. The normalized spacial score (nSPS) is 10.7. The van der Waals surface area contributed by atoms with Gasteiger partial charge in [0.2, 0.25) is 0 Å². The van der Waals surface area contributed by atoms with E-state index in [4.69, 9.17) is 0 Å². The molecule has 0 bridgehead atoms. The summed E-state index contributed by atoms with van der Waals surface area (Å²) in [6.45, 7) is 6.94. The highest BCUT2D eigenvalue weighted by Crippen LogP contribution is 2.15. The summed E-state index contributed by atoms with van der Waals surface area (Å²) in [5.41, 5.74) is 2.52. The lowest BCUT2D eigenvalue weighted by molar-refractivity contribution is 0.0684. The van der Waals surface area contributed by atoms with E-state index in [0.717, 1.165) is 11.1 Å². The molecule has 0 aliphatic rings. The Hall–Kier alpha value is -3.28. The number of aryl methyl sites for hydroxylation is 1. The number of anilines is 1. The van der Waals surface area contributed by atoms with Crippen LogP contribution in [0.1, 0.15) is 41.3 Å². The highest BCUT2D eigenvalue weighted by molar-refractivity contribution is 5.93. The molecule has 0 aliphatic carbocycles. The van der Waals surface area contributed by atoms with E-state index in [2.05, 4.69) is 20.3 Å². The maximum Gasteiger partial charge on any atom is 0.273 e. The van der Waals surface area contributed by atoms with Gasteiger partial charge in [-0.1, -0.05) is 36.4 Å². The van der Waals surface area contributed by atoms with Crippen LogP contribution in [0.25, 0.3) is 0 Å². The average Bonchev–Trinajstić information content (AvgIpc) is 2.71.